The zero-order valence-corrected chi connectivity index (χ0v) is 13.5. The number of thiophene rings is 1. The third-order valence-corrected chi connectivity index (χ3v) is 4.22. The van der Waals surface area contributed by atoms with Crippen molar-refractivity contribution in [2.45, 2.75) is 0 Å². The number of hydrogen-bond acceptors (Lipinski definition) is 5. The van der Waals surface area contributed by atoms with Gasteiger partial charge in [0.1, 0.15) is 10.0 Å². The number of hydrogen-bond donors (Lipinski definition) is 2. The highest BCUT2D eigenvalue weighted by Crippen LogP contribution is 2.30. The van der Waals surface area contributed by atoms with Crippen LogP contribution in [0, 0.1) is 10.1 Å². The molecule has 1 heterocycles. The summed E-state index contributed by atoms with van der Waals surface area (Å²) in [5.41, 5.74) is 0.710. The van der Waals surface area contributed by atoms with E-state index in [1.54, 1.807) is 18.2 Å². The Kier molecular flexibility index (Phi) is 5.59. The Balaban J connectivity index is 1.86. The molecule has 1 amide bonds. The molecule has 1 aromatic heterocycles. The van der Waals surface area contributed by atoms with Gasteiger partial charge >= 0.3 is 0 Å². The van der Waals surface area contributed by atoms with Crippen LogP contribution in [0.3, 0.4) is 0 Å². The summed E-state index contributed by atoms with van der Waals surface area (Å²) in [4.78, 5) is 22.3. The van der Waals surface area contributed by atoms with Crippen molar-refractivity contribution >= 4 is 51.8 Å². The smallest absolute Gasteiger partial charge is 0.292 e. The Bertz CT molecular complexity index is 706. The van der Waals surface area contributed by atoms with Crippen molar-refractivity contribution in [3.05, 3.63) is 54.7 Å². The molecule has 2 rings (SSSR count). The molecule has 2 N–H and O–H groups in total. The summed E-state index contributed by atoms with van der Waals surface area (Å²) in [6.07, 6.45) is 0. The molecule has 0 bridgehead atoms. The van der Waals surface area contributed by atoms with Crippen LogP contribution in [0.4, 0.5) is 11.4 Å². The number of anilines is 1. The van der Waals surface area contributed by atoms with E-state index in [2.05, 4.69) is 10.6 Å². The number of nitrogens with one attached hydrogen (secondary N) is 2. The fourth-order valence-electron chi connectivity index (χ4n) is 1.75. The zero-order chi connectivity index (χ0) is 16.1. The van der Waals surface area contributed by atoms with E-state index in [-0.39, 0.29) is 18.1 Å². The highest BCUT2D eigenvalue weighted by molar-refractivity contribution is 7.20. The molecular weight excluding hydrogens is 349 g/mol. The van der Waals surface area contributed by atoms with Crippen molar-refractivity contribution in [3.63, 3.8) is 0 Å². The van der Waals surface area contributed by atoms with Gasteiger partial charge in [-0.3, -0.25) is 14.9 Å². The van der Waals surface area contributed by atoms with Crippen molar-refractivity contribution in [1.82, 2.24) is 5.32 Å². The van der Waals surface area contributed by atoms with Gasteiger partial charge in [0.15, 0.2) is 0 Å². The van der Waals surface area contributed by atoms with Gasteiger partial charge < -0.3 is 10.6 Å². The van der Waals surface area contributed by atoms with E-state index in [9.17, 15) is 14.9 Å². The molecule has 6 nitrogen and oxygen atoms in total. The molecular formula is C13H11Cl2N3O3S. The number of halogens is 2. The van der Waals surface area contributed by atoms with Gasteiger partial charge in [0, 0.05) is 19.2 Å². The summed E-state index contributed by atoms with van der Waals surface area (Å²) in [7, 11) is 0. The minimum Gasteiger partial charge on any atom is -0.378 e. The van der Waals surface area contributed by atoms with Gasteiger partial charge in [0.05, 0.1) is 14.8 Å². The van der Waals surface area contributed by atoms with Crippen molar-refractivity contribution < 1.29 is 9.72 Å². The number of rotatable bonds is 6. The monoisotopic (exact) mass is 359 g/mol. The molecule has 0 saturated carbocycles. The van der Waals surface area contributed by atoms with Crippen LogP contribution >= 0.6 is 34.5 Å². The highest BCUT2D eigenvalue weighted by atomic mass is 35.5. The first kappa shape index (κ1) is 16.5. The van der Waals surface area contributed by atoms with Crippen LogP contribution in [0.1, 0.15) is 10.4 Å². The quantitative estimate of drug-likeness (QED) is 0.466. The summed E-state index contributed by atoms with van der Waals surface area (Å²) in [5.74, 6) is -0.336. The maximum atomic E-state index is 11.9. The van der Waals surface area contributed by atoms with Gasteiger partial charge in [0.2, 0.25) is 0 Å². The lowest BCUT2D eigenvalue weighted by atomic mass is 10.2. The van der Waals surface area contributed by atoms with Crippen LogP contribution in [0.5, 0.6) is 0 Å². The van der Waals surface area contributed by atoms with Crippen molar-refractivity contribution in [3.8, 4) is 0 Å². The van der Waals surface area contributed by atoms with Crippen molar-refractivity contribution in [2.75, 3.05) is 18.4 Å². The molecule has 0 atom stereocenters. The van der Waals surface area contributed by atoms with E-state index in [1.165, 1.54) is 12.1 Å². The number of amides is 1. The average molecular weight is 360 g/mol. The van der Waals surface area contributed by atoms with E-state index in [1.807, 2.05) is 0 Å². The van der Waals surface area contributed by atoms with Gasteiger partial charge in [-0.1, -0.05) is 35.3 Å². The zero-order valence-electron chi connectivity index (χ0n) is 11.1. The van der Waals surface area contributed by atoms with Gasteiger partial charge in [-0.05, 0) is 12.1 Å². The summed E-state index contributed by atoms with van der Waals surface area (Å²) in [5, 5.41) is 16.4. The van der Waals surface area contributed by atoms with Gasteiger partial charge in [-0.2, -0.15) is 0 Å². The summed E-state index contributed by atoms with van der Waals surface area (Å²) in [6, 6.07) is 7.80. The fourth-order valence-corrected chi connectivity index (χ4v) is 3.20. The number of nitro groups is 1. The standard InChI is InChI=1S/C13H11Cl2N3O3S/c14-11-7-8(12(15)22-11)13(19)17-6-5-16-9-3-1-2-4-10(9)18(20)21/h1-4,7,16H,5-6H2,(H,17,19). The molecule has 116 valence electrons. The van der Waals surface area contributed by atoms with Crippen LogP contribution in [-0.4, -0.2) is 23.9 Å². The molecule has 2 aromatic rings. The van der Waals surface area contributed by atoms with Crippen LogP contribution in [-0.2, 0) is 0 Å². The van der Waals surface area contributed by atoms with Crippen molar-refractivity contribution in [1.29, 1.82) is 0 Å². The van der Waals surface area contributed by atoms with E-state index in [4.69, 9.17) is 23.2 Å². The second-order valence-corrected chi connectivity index (χ2v) is 6.48. The molecule has 0 fully saturated rings. The second-order valence-electron chi connectivity index (χ2n) is 4.19. The molecule has 0 saturated heterocycles. The minimum atomic E-state index is -0.464. The molecule has 0 aliphatic heterocycles. The first-order valence-corrected chi connectivity index (χ1v) is 7.76. The summed E-state index contributed by atoms with van der Waals surface area (Å²) >= 11 is 12.8. The van der Waals surface area contributed by atoms with E-state index in [0.717, 1.165) is 11.3 Å². The fraction of sp³-hybridized carbons (Fsp3) is 0.154. The molecule has 22 heavy (non-hydrogen) atoms. The minimum absolute atomic E-state index is 0.0125. The Labute approximate surface area is 140 Å². The Hall–Kier alpha value is -1.83. The molecule has 1 aromatic carbocycles. The molecule has 0 unspecified atom stereocenters. The SMILES string of the molecule is O=C(NCCNc1ccccc1[N+](=O)[O-])c1cc(Cl)sc1Cl. The van der Waals surface area contributed by atoms with Crippen LogP contribution in [0.2, 0.25) is 8.67 Å². The van der Waals surface area contributed by atoms with E-state index in [0.29, 0.717) is 26.5 Å². The maximum Gasteiger partial charge on any atom is 0.292 e. The first-order valence-electron chi connectivity index (χ1n) is 6.19. The number of benzene rings is 1. The van der Waals surface area contributed by atoms with Gasteiger partial charge in [-0.15, -0.1) is 11.3 Å². The number of nitro benzene ring substituents is 1. The van der Waals surface area contributed by atoms with Crippen LogP contribution in [0.25, 0.3) is 0 Å². The summed E-state index contributed by atoms with van der Waals surface area (Å²) in [6.45, 7) is 0.626. The molecule has 9 heteroatoms. The Morgan fingerprint density at radius 1 is 1.27 bits per heavy atom. The lowest BCUT2D eigenvalue weighted by Gasteiger charge is -2.08. The van der Waals surface area contributed by atoms with E-state index >= 15 is 0 Å². The predicted octanol–water partition coefficient (Wildman–Crippen LogP) is 3.81. The van der Waals surface area contributed by atoms with Gasteiger partial charge in [-0.25, -0.2) is 0 Å². The number of nitrogens with zero attached hydrogens (tertiary/aromatic N) is 1. The average Bonchev–Trinajstić information content (AvgIpc) is 2.82. The van der Waals surface area contributed by atoms with Crippen molar-refractivity contribution in [2.24, 2.45) is 0 Å². The third kappa shape index (κ3) is 4.09. The third-order valence-electron chi connectivity index (χ3n) is 2.73. The molecule has 0 aliphatic carbocycles. The highest BCUT2D eigenvalue weighted by Gasteiger charge is 2.14. The van der Waals surface area contributed by atoms with Crippen LogP contribution in [0.15, 0.2) is 30.3 Å². The first-order chi connectivity index (χ1) is 10.5. The summed E-state index contributed by atoms with van der Waals surface area (Å²) < 4.78 is 0.766. The van der Waals surface area contributed by atoms with Gasteiger partial charge in [0.25, 0.3) is 11.6 Å². The number of carbonyl (C=O) groups excluding carboxylic acids is 1. The Morgan fingerprint density at radius 3 is 2.64 bits per heavy atom. The number of carbonyl (C=O) groups is 1. The normalized spacial score (nSPS) is 10.3. The topological polar surface area (TPSA) is 84.3 Å². The maximum absolute atomic E-state index is 11.9. The molecule has 0 aliphatic rings. The molecule has 0 spiro atoms. The largest absolute Gasteiger partial charge is 0.378 e. The second kappa shape index (κ2) is 7.44. The van der Waals surface area contributed by atoms with E-state index < -0.39 is 4.92 Å². The number of para-hydroxylation sites is 2. The van der Waals surface area contributed by atoms with Crippen LogP contribution < -0.4 is 10.6 Å². The Morgan fingerprint density at radius 2 is 2.00 bits per heavy atom. The lowest BCUT2D eigenvalue weighted by Crippen LogP contribution is -2.28. The lowest BCUT2D eigenvalue weighted by molar-refractivity contribution is -0.384. The predicted molar refractivity (Wildman–Crippen MR) is 88.3 cm³/mol. The molecule has 0 radical (unpaired) electrons.